The number of ether oxygens (including phenoxy) is 2. The van der Waals surface area contributed by atoms with Gasteiger partial charge in [-0.2, -0.15) is 0 Å². The first kappa shape index (κ1) is 20.7. The molecular formula is C21H26N4O4. The predicted molar refractivity (Wildman–Crippen MR) is 106 cm³/mol. The quantitative estimate of drug-likeness (QED) is 0.699. The Morgan fingerprint density at radius 2 is 1.97 bits per heavy atom. The Labute approximate surface area is 170 Å². The lowest BCUT2D eigenvalue weighted by molar-refractivity contribution is -0.139. The highest BCUT2D eigenvalue weighted by Crippen LogP contribution is 2.16. The van der Waals surface area contributed by atoms with Crippen LogP contribution in [0.2, 0.25) is 0 Å². The average molecular weight is 398 g/mol. The summed E-state index contributed by atoms with van der Waals surface area (Å²) >= 11 is 0. The number of carbonyl (C=O) groups excluding carboxylic acids is 2. The molecule has 0 N–H and O–H groups in total. The molecule has 0 radical (unpaired) electrons. The third kappa shape index (κ3) is 5.74. The van der Waals surface area contributed by atoms with E-state index in [9.17, 15) is 9.59 Å². The lowest BCUT2D eigenvalue weighted by Gasteiger charge is -2.23. The minimum absolute atomic E-state index is 0.0509. The number of carbonyl (C=O) groups is 2. The summed E-state index contributed by atoms with van der Waals surface area (Å²) in [7, 11) is 3.22. The zero-order chi connectivity index (χ0) is 20.6. The van der Waals surface area contributed by atoms with Gasteiger partial charge in [-0.25, -0.2) is 0 Å². The van der Waals surface area contributed by atoms with Gasteiger partial charge >= 0.3 is 0 Å². The van der Waals surface area contributed by atoms with Crippen molar-refractivity contribution < 1.29 is 19.1 Å². The standard InChI is InChI=1S/C21H26N4O4/c1-28-18-6-3-16(4-7-18)12-24-13-19(29-2)14-25(15-21(24)27)20(26)8-5-17-11-22-9-10-23-17/h3-4,6-7,9-11,19H,5,8,12-15H2,1-2H3/t19-/m1/s1. The highest BCUT2D eigenvalue weighted by molar-refractivity contribution is 5.85. The molecule has 1 atom stereocenters. The minimum atomic E-state index is -0.236. The second kappa shape index (κ2) is 9.97. The maximum atomic E-state index is 12.8. The Morgan fingerprint density at radius 1 is 1.17 bits per heavy atom. The van der Waals surface area contributed by atoms with Crippen LogP contribution in [-0.2, 0) is 27.3 Å². The topological polar surface area (TPSA) is 84.9 Å². The van der Waals surface area contributed by atoms with Gasteiger partial charge in [0, 0.05) is 51.8 Å². The van der Waals surface area contributed by atoms with Gasteiger partial charge in [0.25, 0.3) is 0 Å². The fourth-order valence-electron chi connectivity index (χ4n) is 3.27. The van der Waals surface area contributed by atoms with E-state index < -0.39 is 0 Å². The first-order chi connectivity index (χ1) is 14.1. The van der Waals surface area contributed by atoms with Crippen LogP contribution in [0.15, 0.2) is 42.9 Å². The molecule has 2 heterocycles. The summed E-state index contributed by atoms with van der Waals surface area (Å²) in [6.45, 7) is 1.34. The zero-order valence-electron chi connectivity index (χ0n) is 16.8. The predicted octanol–water partition coefficient (Wildman–Crippen LogP) is 1.30. The molecule has 154 valence electrons. The van der Waals surface area contributed by atoms with Gasteiger partial charge in [0.05, 0.1) is 25.5 Å². The minimum Gasteiger partial charge on any atom is -0.497 e. The SMILES string of the molecule is COc1ccc(CN2C[C@@H](OC)CN(C(=O)CCc3cnccn3)CC2=O)cc1. The highest BCUT2D eigenvalue weighted by Gasteiger charge is 2.30. The van der Waals surface area contributed by atoms with E-state index in [1.54, 1.807) is 42.6 Å². The molecule has 29 heavy (non-hydrogen) atoms. The summed E-state index contributed by atoms with van der Waals surface area (Å²) in [4.78, 5) is 37.1. The fraction of sp³-hybridized carbons (Fsp3) is 0.429. The molecule has 1 aromatic carbocycles. The Morgan fingerprint density at radius 3 is 2.62 bits per heavy atom. The van der Waals surface area contributed by atoms with Crippen molar-refractivity contribution in [3.8, 4) is 5.75 Å². The number of amides is 2. The maximum absolute atomic E-state index is 12.8. The summed E-state index contributed by atoms with van der Waals surface area (Å²) in [5.74, 6) is 0.594. The van der Waals surface area contributed by atoms with Crippen molar-refractivity contribution in [2.24, 2.45) is 0 Å². The van der Waals surface area contributed by atoms with Gasteiger partial charge in [0.15, 0.2) is 0 Å². The second-order valence-corrected chi connectivity index (χ2v) is 6.95. The molecule has 0 unspecified atom stereocenters. The van der Waals surface area contributed by atoms with Gasteiger partial charge in [-0.05, 0) is 24.1 Å². The number of nitrogens with zero attached hydrogens (tertiary/aromatic N) is 4. The Kier molecular flexibility index (Phi) is 7.13. The molecule has 0 spiro atoms. The van der Waals surface area contributed by atoms with E-state index in [1.165, 1.54) is 0 Å². The smallest absolute Gasteiger partial charge is 0.242 e. The van der Waals surface area contributed by atoms with Gasteiger partial charge in [-0.3, -0.25) is 19.6 Å². The van der Waals surface area contributed by atoms with Gasteiger partial charge in [0.2, 0.25) is 11.8 Å². The van der Waals surface area contributed by atoms with E-state index in [0.29, 0.717) is 26.1 Å². The largest absolute Gasteiger partial charge is 0.497 e. The van der Waals surface area contributed by atoms with Crippen LogP contribution in [-0.4, -0.2) is 71.5 Å². The lowest BCUT2D eigenvalue weighted by atomic mass is 10.2. The van der Waals surface area contributed by atoms with E-state index in [0.717, 1.165) is 17.0 Å². The summed E-state index contributed by atoms with van der Waals surface area (Å²) in [5, 5.41) is 0. The first-order valence-corrected chi connectivity index (χ1v) is 9.55. The maximum Gasteiger partial charge on any atom is 0.242 e. The van der Waals surface area contributed by atoms with Crippen molar-refractivity contribution in [2.45, 2.75) is 25.5 Å². The van der Waals surface area contributed by atoms with E-state index in [2.05, 4.69) is 9.97 Å². The van der Waals surface area contributed by atoms with Crippen LogP contribution in [0.25, 0.3) is 0 Å². The van der Waals surface area contributed by atoms with Gasteiger partial charge in [-0.1, -0.05) is 12.1 Å². The van der Waals surface area contributed by atoms with Gasteiger partial charge in [-0.15, -0.1) is 0 Å². The lowest BCUT2D eigenvalue weighted by Crippen LogP contribution is -2.39. The number of rotatable bonds is 7. The van der Waals surface area contributed by atoms with E-state index in [1.807, 2.05) is 24.3 Å². The number of aromatic nitrogens is 2. The first-order valence-electron chi connectivity index (χ1n) is 9.55. The molecule has 1 aromatic heterocycles. The van der Waals surface area contributed by atoms with E-state index >= 15 is 0 Å². The molecule has 0 bridgehead atoms. The summed E-state index contributed by atoms with van der Waals surface area (Å²) in [6, 6.07) is 7.60. The fourth-order valence-corrected chi connectivity index (χ4v) is 3.27. The van der Waals surface area contributed by atoms with Crippen LogP contribution in [0, 0.1) is 0 Å². The molecule has 1 aliphatic heterocycles. The van der Waals surface area contributed by atoms with Crippen LogP contribution in [0.3, 0.4) is 0 Å². The van der Waals surface area contributed by atoms with Gasteiger partial charge < -0.3 is 19.3 Å². The molecule has 8 nitrogen and oxygen atoms in total. The Bertz CT molecular complexity index is 813. The summed E-state index contributed by atoms with van der Waals surface area (Å²) in [5.41, 5.74) is 1.75. The molecule has 0 aliphatic carbocycles. The monoisotopic (exact) mass is 398 g/mol. The van der Waals surface area contributed by atoms with E-state index in [-0.39, 0.29) is 30.9 Å². The Balaban J connectivity index is 1.63. The van der Waals surface area contributed by atoms with Crippen LogP contribution < -0.4 is 4.74 Å². The van der Waals surface area contributed by atoms with Crippen LogP contribution in [0.5, 0.6) is 5.75 Å². The van der Waals surface area contributed by atoms with Crippen LogP contribution >= 0.6 is 0 Å². The zero-order valence-corrected chi connectivity index (χ0v) is 16.8. The average Bonchev–Trinajstić information content (AvgIpc) is 2.92. The van der Waals surface area contributed by atoms with Crippen molar-refractivity contribution in [1.82, 2.24) is 19.8 Å². The molecule has 3 rings (SSSR count). The molecule has 0 saturated carbocycles. The number of hydrogen-bond donors (Lipinski definition) is 0. The summed E-state index contributed by atoms with van der Waals surface area (Å²) < 4.78 is 10.7. The molecule has 2 amide bonds. The van der Waals surface area contributed by atoms with Crippen molar-refractivity contribution >= 4 is 11.8 Å². The van der Waals surface area contributed by atoms with Gasteiger partial charge in [0.1, 0.15) is 5.75 Å². The number of benzene rings is 1. The van der Waals surface area contributed by atoms with Crippen molar-refractivity contribution in [3.05, 3.63) is 54.1 Å². The van der Waals surface area contributed by atoms with Crippen LogP contribution in [0.1, 0.15) is 17.7 Å². The van der Waals surface area contributed by atoms with E-state index in [4.69, 9.17) is 9.47 Å². The number of hydrogen-bond acceptors (Lipinski definition) is 6. The molecule has 8 heteroatoms. The molecule has 1 fully saturated rings. The molecule has 1 saturated heterocycles. The van der Waals surface area contributed by atoms with Crippen molar-refractivity contribution in [3.63, 3.8) is 0 Å². The van der Waals surface area contributed by atoms with Crippen molar-refractivity contribution in [2.75, 3.05) is 33.9 Å². The molecular weight excluding hydrogens is 372 g/mol. The number of methoxy groups -OCH3 is 2. The molecule has 1 aliphatic rings. The normalized spacial score (nSPS) is 17.2. The third-order valence-electron chi connectivity index (χ3n) is 4.96. The number of aryl methyl sites for hydroxylation is 1. The molecule has 2 aromatic rings. The highest BCUT2D eigenvalue weighted by atomic mass is 16.5. The summed E-state index contributed by atoms with van der Waals surface area (Å²) in [6.07, 6.45) is 5.38. The third-order valence-corrected chi connectivity index (χ3v) is 4.96. The Hall–Kier alpha value is -3.00. The van der Waals surface area contributed by atoms with Crippen LogP contribution in [0.4, 0.5) is 0 Å². The van der Waals surface area contributed by atoms with Crippen molar-refractivity contribution in [1.29, 1.82) is 0 Å². The second-order valence-electron chi connectivity index (χ2n) is 6.95.